The first-order valence-corrected chi connectivity index (χ1v) is 11.9. The summed E-state index contributed by atoms with van der Waals surface area (Å²) >= 11 is 2.45. The van der Waals surface area contributed by atoms with Gasteiger partial charge in [-0.2, -0.15) is 0 Å². The molecule has 0 unspecified atom stereocenters. The normalized spacial score (nSPS) is 20.4. The third-order valence-electron chi connectivity index (χ3n) is 5.25. The van der Waals surface area contributed by atoms with E-state index in [1.807, 2.05) is 23.8 Å². The number of thiazole rings is 1. The van der Waals surface area contributed by atoms with Gasteiger partial charge in [0.2, 0.25) is 0 Å². The molecule has 34 heavy (non-hydrogen) atoms. The van der Waals surface area contributed by atoms with Crippen molar-refractivity contribution in [2.45, 2.75) is 25.6 Å². The fourth-order valence-corrected chi connectivity index (χ4v) is 5.37. The Labute approximate surface area is 202 Å². The Morgan fingerprint density at radius 2 is 2.26 bits per heavy atom. The number of nitrogens with two attached hydrogens (primary N) is 1. The lowest BCUT2D eigenvalue weighted by atomic mass is 9.94. The van der Waals surface area contributed by atoms with Gasteiger partial charge in [-0.25, -0.2) is 14.8 Å². The molecule has 4 N–H and O–H groups in total. The molecule has 0 spiro atoms. The smallest absolute Gasteiger partial charge is 0.353 e. The van der Waals surface area contributed by atoms with Gasteiger partial charge in [0.25, 0.3) is 11.8 Å². The molecule has 0 aromatic carbocycles. The summed E-state index contributed by atoms with van der Waals surface area (Å²) in [5.41, 5.74) is 5.62. The third kappa shape index (κ3) is 4.41. The number of rotatable bonds is 8. The van der Waals surface area contributed by atoms with Gasteiger partial charge in [-0.3, -0.25) is 14.5 Å². The highest BCUT2D eigenvalue weighted by atomic mass is 32.2. The van der Waals surface area contributed by atoms with Gasteiger partial charge in [-0.05, 0) is 13.0 Å². The highest BCUT2D eigenvalue weighted by molar-refractivity contribution is 8.03. The van der Waals surface area contributed by atoms with Crippen molar-refractivity contribution in [1.29, 1.82) is 0 Å². The molecular formula is C20H21N7O5S2. The van der Waals surface area contributed by atoms with E-state index in [0.29, 0.717) is 17.2 Å². The number of carboxylic acid groups (broad SMARTS) is 1. The van der Waals surface area contributed by atoms with Crippen molar-refractivity contribution in [3.05, 3.63) is 52.0 Å². The highest BCUT2D eigenvalue weighted by Gasteiger charge is 2.54. The van der Waals surface area contributed by atoms with Crippen LogP contribution in [-0.4, -0.2) is 73.0 Å². The maximum absolute atomic E-state index is 12.9. The number of aromatic nitrogens is 3. The fraction of sp³-hybridized carbons (Fsp3) is 0.300. The second-order valence-corrected chi connectivity index (χ2v) is 9.23. The molecule has 0 saturated carbocycles. The predicted molar refractivity (Wildman–Crippen MR) is 126 cm³/mol. The Kier molecular flexibility index (Phi) is 6.70. The van der Waals surface area contributed by atoms with E-state index < -0.39 is 29.9 Å². The van der Waals surface area contributed by atoms with Crippen LogP contribution >= 0.6 is 23.1 Å². The van der Waals surface area contributed by atoms with E-state index >= 15 is 0 Å². The van der Waals surface area contributed by atoms with Crippen LogP contribution in [0.25, 0.3) is 0 Å². The monoisotopic (exact) mass is 503 g/mol. The molecule has 0 aliphatic carbocycles. The predicted octanol–water partition coefficient (Wildman–Crippen LogP) is 0.576. The summed E-state index contributed by atoms with van der Waals surface area (Å²) < 4.78 is 1.91. The number of thioether (sulfide) groups is 1. The Morgan fingerprint density at radius 1 is 1.47 bits per heavy atom. The van der Waals surface area contributed by atoms with Crippen LogP contribution in [0.2, 0.25) is 0 Å². The molecule has 2 aromatic rings. The Hall–Kier alpha value is -3.65. The standard InChI is InChI=1S/C20H21N7O5S2/c1-10-22-5-7-26(10)6-3-4-13-16(19(30)31)27-12(9-33-13)15(18(27)29)24-17(28)14(25-32-2)11-8-34-20(21)23-11/h3-5,7-8,12,15H,6,9H2,1-2H3,(H2,21,23)(H,24,28)(H,30,31)/b4-3+,25-14?/t12-,15+/m1/s1. The number of fused-ring (bicyclic) bond motifs is 1. The van der Waals surface area contributed by atoms with Crippen molar-refractivity contribution >= 4 is 51.7 Å². The topological polar surface area (TPSA) is 165 Å². The Balaban J connectivity index is 1.49. The molecule has 1 saturated heterocycles. The quantitative estimate of drug-likeness (QED) is 0.265. The van der Waals surface area contributed by atoms with Crippen LogP contribution in [0, 0.1) is 6.92 Å². The summed E-state index contributed by atoms with van der Waals surface area (Å²) in [4.78, 5) is 52.3. The van der Waals surface area contributed by atoms with E-state index in [0.717, 1.165) is 17.2 Å². The van der Waals surface area contributed by atoms with Crippen molar-refractivity contribution in [2.75, 3.05) is 18.6 Å². The molecule has 2 aliphatic rings. The zero-order valence-electron chi connectivity index (χ0n) is 18.2. The molecule has 2 amide bonds. The third-order valence-corrected chi connectivity index (χ3v) is 7.07. The number of carboxylic acids is 1. The minimum atomic E-state index is -1.21. The van der Waals surface area contributed by atoms with E-state index in [2.05, 4.69) is 20.4 Å². The van der Waals surface area contributed by atoms with Gasteiger partial charge in [0, 0.05) is 35.0 Å². The number of aryl methyl sites for hydroxylation is 1. The molecule has 2 aromatic heterocycles. The minimum absolute atomic E-state index is 0.103. The Morgan fingerprint density at radius 3 is 2.88 bits per heavy atom. The summed E-state index contributed by atoms with van der Waals surface area (Å²) in [6, 6.07) is -1.41. The number of aliphatic carboxylic acids is 1. The fourth-order valence-electron chi connectivity index (χ4n) is 3.62. The van der Waals surface area contributed by atoms with E-state index in [1.165, 1.54) is 23.8 Å². The number of imidazole rings is 1. The number of carbonyl (C=O) groups is 3. The van der Waals surface area contributed by atoms with Gasteiger partial charge >= 0.3 is 5.97 Å². The average molecular weight is 504 g/mol. The van der Waals surface area contributed by atoms with Crippen LogP contribution in [0.5, 0.6) is 0 Å². The maximum Gasteiger partial charge on any atom is 0.353 e. The number of allylic oxidation sites excluding steroid dienone is 2. The van der Waals surface area contributed by atoms with E-state index in [9.17, 15) is 19.5 Å². The van der Waals surface area contributed by atoms with Crippen LogP contribution in [0.15, 0.2) is 45.7 Å². The first kappa shape index (κ1) is 23.5. The van der Waals surface area contributed by atoms with Crippen molar-refractivity contribution in [2.24, 2.45) is 5.16 Å². The number of hydrogen-bond donors (Lipinski definition) is 3. The number of anilines is 1. The van der Waals surface area contributed by atoms with Crippen molar-refractivity contribution in [3.8, 4) is 0 Å². The van der Waals surface area contributed by atoms with Crippen molar-refractivity contribution in [3.63, 3.8) is 0 Å². The second kappa shape index (κ2) is 9.69. The molecule has 1 fully saturated rings. The van der Waals surface area contributed by atoms with Gasteiger partial charge in [0.15, 0.2) is 10.8 Å². The van der Waals surface area contributed by atoms with E-state index in [4.69, 9.17) is 10.6 Å². The number of carbonyl (C=O) groups excluding carboxylic acids is 2. The summed E-state index contributed by atoms with van der Waals surface area (Å²) in [6.07, 6.45) is 7.02. The molecule has 4 rings (SSSR count). The molecule has 2 atom stereocenters. The van der Waals surface area contributed by atoms with Crippen molar-refractivity contribution < 1.29 is 24.3 Å². The van der Waals surface area contributed by atoms with Gasteiger partial charge < -0.3 is 25.6 Å². The molecule has 14 heteroatoms. The molecular weight excluding hydrogens is 482 g/mol. The lowest BCUT2D eigenvalue weighted by Crippen LogP contribution is -2.73. The van der Waals surface area contributed by atoms with Crippen molar-refractivity contribution in [1.82, 2.24) is 24.8 Å². The maximum atomic E-state index is 12.9. The summed E-state index contributed by atoms with van der Waals surface area (Å²) in [6.45, 7) is 2.39. The Bertz CT molecular complexity index is 1230. The van der Waals surface area contributed by atoms with Crippen LogP contribution in [0.3, 0.4) is 0 Å². The van der Waals surface area contributed by atoms with Crippen LogP contribution in [0.4, 0.5) is 5.13 Å². The van der Waals surface area contributed by atoms with Crippen LogP contribution < -0.4 is 11.1 Å². The largest absolute Gasteiger partial charge is 0.477 e. The molecule has 0 radical (unpaired) electrons. The van der Waals surface area contributed by atoms with Gasteiger partial charge in [-0.1, -0.05) is 11.2 Å². The van der Waals surface area contributed by atoms with E-state index in [-0.39, 0.29) is 22.2 Å². The van der Waals surface area contributed by atoms with Crippen LogP contribution in [0.1, 0.15) is 11.5 Å². The lowest BCUT2D eigenvalue weighted by Gasteiger charge is -2.49. The number of hydrogen-bond acceptors (Lipinski definition) is 10. The number of oxime groups is 1. The molecule has 4 heterocycles. The molecule has 0 bridgehead atoms. The molecule has 178 valence electrons. The average Bonchev–Trinajstić information content (AvgIpc) is 3.42. The van der Waals surface area contributed by atoms with E-state index in [1.54, 1.807) is 17.7 Å². The van der Waals surface area contributed by atoms with Gasteiger partial charge in [0.05, 0.1) is 6.04 Å². The summed E-state index contributed by atoms with van der Waals surface area (Å²) in [5, 5.41) is 17.9. The number of β-lactam (4-membered cyclic amide) rings is 1. The lowest BCUT2D eigenvalue weighted by molar-refractivity contribution is -0.153. The number of nitrogens with one attached hydrogen (secondary N) is 1. The first-order valence-electron chi connectivity index (χ1n) is 10.0. The first-order chi connectivity index (χ1) is 16.3. The number of amides is 2. The number of nitrogens with zero attached hydrogens (tertiary/aromatic N) is 5. The summed E-state index contributed by atoms with van der Waals surface area (Å²) in [7, 11) is 1.28. The SMILES string of the molecule is CON=C(C(=O)N[C@@H]1C(=O)N2C(C(=O)O)=C(/C=C/Cn3ccnc3C)SC[C@H]12)c1csc(N)n1. The zero-order chi connectivity index (χ0) is 24.4. The summed E-state index contributed by atoms with van der Waals surface area (Å²) in [5.74, 6) is -1.15. The minimum Gasteiger partial charge on any atom is -0.477 e. The van der Waals surface area contributed by atoms with Crippen LogP contribution in [-0.2, 0) is 25.8 Å². The highest BCUT2D eigenvalue weighted by Crippen LogP contribution is 2.39. The number of nitrogen functional groups attached to an aromatic ring is 1. The molecule has 12 nitrogen and oxygen atoms in total. The van der Waals surface area contributed by atoms with Gasteiger partial charge in [0.1, 0.15) is 30.4 Å². The molecule has 2 aliphatic heterocycles. The second-order valence-electron chi connectivity index (χ2n) is 7.28. The van der Waals surface area contributed by atoms with Gasteiger partial charge in [-0.15, -0.1) is 23.1 Å². The zero-order valence-corrected chi connectivity index (χ0v) is 19.8.